The van der Waals surface area contributed by atoms with Crippen LogP contribution in [0.3, 0.4) is 0 Å². The van der Waals surface area contributed by atoms with Gasteiger partial charge in [0.1, 0.15) is 5.69 Å². The van der Waals surface area contributed by atoms with Crippen molar-refractivity contribution in [2.75, 3.05) is 6.54 Å². The second-order valence-corrected chi connectivity index (χ2v) is 6.53. The minimum atomic E-state index is -2.38. The molecule has 0 spiro atoms. The highest BCUT2D eigenvalue weighted by Crippen LogP contribution is 2.47. The Labute approximate surface area is 148 Å². The van der Waals surface area contributed by atoms with Gasteiger partial charge in [0.05, 0.1) is 4.83 Å². The van der Waals surface area contributed by atoms with Gasteiger partial charge in [0.2, 0.25) is 11.5 Å². The maximum absolute atomic E-state index is 11.3. The molecule has 8 nitrogen and oxygen atoms in total. The van der Waals surface area contributed by atoms with Crippen molar-refractivity contribution >= 4 is 33.2 Å². The number of carbonyl (C=O) groups excluding carboxylic acids is 1. The van der Waals surface area contributed by atoms with Crippen molar-refractivity contribution in [1.29, 1.82) is 0 Å². The number of aromatic hydroxyl groups is 1. The molecule has 2 atom stereocenters. The molecule has 2 heterocycles. The van der Waals surface area contributed by atoms with Gasteiger partial charge in [-0.1, -0.05) is 22.0 Å². The van der Waals surface area contributed by atoms with E-state index in [4.69, 9.17) is 9.15 Å². The normalized spacial score (nSPS) is 13.5. The number of hydrogen-bond donors (Lipinski definition) is 2. The summed E-state index contributed by atoms with van der Waals surface area (Å²) in [5.41, 5.74) is 0.369. The number of nitrogens with one attached hydrogen (secondary N) is 1. The smallest absolute Gasteiger partial charge is 0.308 e. The number of furan rings is 1. The highest BCUT2D eigenvalue weighted by atomic mass is 79.9. The summed E-state index contributed by atoms with van der Waals surface area (Å²) in [4.78, 5) is 14.9. The van der Waals surface area contributed by atoms with Crippen LogP contribution < -0.4 is 9.46 Å². The average molecular weight is 418 g/mol. The van der Waals surface area contributed by atoms with E-state index < -0.39 is 22.1 Å². The predicted molar refractivity (Wildman–Crippen MR) is 88.1 cm³/mol. The van der Waals surface area contributed by atoms with Gasteiger partial charge in [-0.3, -0.25) is 14.0 Å². The van der Waals surface area contributed by atoms with Gasteiger partial charge in [0, 0.05) is 30.9 Å². The van der Waals surface area contributed by atoms with Crippen LogP contribution in [0.4, 0.5) is 0 Å². The number of nitrogens with zero attached hydrogens (tertiary/aromatic N) is 1. The van der Waals surface area contributed by atoms with E-state index in [1.807, 2.05) is 0 Å². The number of alkyl halides is 1. The first-order valence-corrected chi connectivity index (χ1v) is 8.81. The number of aromatic nitrogens is 1. The lowest BCUT2D eigenvalue weighted by Gasteiger charge is -2.11. The SMILES string of the molecule is CC(=O)Oc1c(C(Br)CCNS(=O)[O-])oc(-c2ccccn2)c1O. The second kappa shape index (κ2) is 8.38. The molecule has 0 bridgehead atoms. The van der Waals surface area contributed by atoms with Crippen molar-refractivity contribution in [3.63, 3.8) is 0 Å². The van der Waals surface area contributed by atoms with E-state index in [2.05, 4.69) is 25.6 Å². The summed E-state index contributed by atoms with van der Waals surface area (Å²) in [5, 5.41) is 10.3. The van der Waals surface area contributed by atoms with Gasteiger partial charge in [0.15, 0.2) is 11.5 Å². The zero-order valence-electron chi connectivity index (χ0n) is 12.5. The highest BCUT2D eigenvalue weighted by Gasteiger charge is 2.28. The third-order valence-electron chi connectivity index (χ3n) is 2.91. The molecule has 24 heavy (non-hydrogen) atoms. The van der Waals surface area contributed by atoms with E-state index in [0.717, 1.165) is 0 Å². The number of esters is 1. The number of halogens is 1. The Kier molecular flexibility index (Phi) is 6.49. The molecule has 0 radical (unpaired) electrons. The molecule has 2 N–H and O–H groups in total. The number of ether oxygens (including phenoxy) is 1. The molecule has 0 aliphatic rings. The molecular weight excluding hydrogens is 404 g/mol. The van der Waals surface area contributed by atoms with Gasteiger partial charge in [-0.05, 0) is 18.6 Å². The van der Waals surface area contributed by atoms with Gasteiger partial charge >= 0.3 is 5.97 Å². The molecule has 0 saturated heterocycles. The first kappa shape index (κ1) is 18.6. The molecule has 2 aromatic rings. The third-order valence-corrected chi connectivity index (χ3v) is 4.22. The Morgan fingerprint density at radius 1 is 1.58 bits per heavy atom. The van der Waals surface area contributed by atoms with Crippen molar-refractivity contribution in [3.05, 3.63) is 30.2 Å². The lowest BCUT2D eigenvalue weighted by atomic mass is 10.2. The maximum Gasteiger partial charge on any atom is 0.308 e. The van der Waals surface area contributed by atoms with Crippen LogP contribution in [0.2, 0.25) is 0 Å². The monoisotopic (exact) mass is 417 g/mol. The molecule has 0 aliphatic carbocycles. The van der Waals surface area contributed by atoms with Gasteiger partial charge < -0.3 is 18.8 Å². The topological polar surface area (TPSA) is 125 Å². The van der Waals surface area contributed by atoms with E-state index >= 15 is 0 Å². The quantitative estimate of drug-likeness (QED) is 0.401. The molecule has 0 fully saturated rings. The van der Waals surface area contributed by atoms with Gasteiger partial charge in [-0.2, -0.15) is 0 Å². The van der Waals surface area contributed by atoms with Crippen LogP contribution in [0.1, 0.15) is 23.9 Å². The molecule has 10 heteroatoms. The molecule has 0 aliphatic heterocycles. The van der Waals surface area contributed by atoms with Crippen molar-refractivity contribution in [2.45, 2.75) is 18.2 Å². The number of rotatable bonds is 7. The molecule has 2 unspecified atom stereocenters. The predicted octanol–water partition coefficient (Wildman–Crippen LogP) is 2.18. The van der Waals surface area contributed by atoms with Gasteiger partial charge in [0.25, 0.3) is 0 Å². The zero-order valence-corrected chi connectivity index (χ0v) is 14.9. The number of pyridine rings is 1. The lowest BCUT2D eigenvalue weighted by molar-refractivity contribution is -0.132. The molecular formula is C14H14BrN2O6S-. The fourth-order valence-electron chi connectivity index (χ4n) is 1.94. The van der Waals surface area contributed by atoms with Crippen LogP contribution in [0, 0.1) is 0 Å². The Hall–Kier alpha value is -1.75. The second-order valence-electron chi connectivity index (χ2n) is 4.67. The van der Waals surface area contributed by atoms with Crippen LogP contribution in [0.5, 0.6) is 11.5 Å². The largest absolute Gasteiger partial charge is 0.760 e. The average Bonchev–Trinajstić information content (AvgIpc) is 2.84. The van der Waals surface area contributed by atoms with Crippen LogP contribution in [-0.4, -0.2) is 31.4 Å². The molecule has 2 aromatic heterocycles. The van der Waals surface area contributed by atoms with Crippen LogP contribution in [0.25, 0.3) is 11.5 Å². The fraction of sp³-hybridized carbons (Fsp3) is 0.286. The Morgan fingerprint density at radius 3 is 2.92 bits per heavy atom. The minimum Gasteiger partial charge on any atom is -0.760 e. The fourth-order valence-corrected chi connectivity index (χ4v) is 2.76. The highest BCUT2D eigenvalue weighted by molar-refractivity contribution is 9.09. The molecule has 2 rings (SSSR count). The summed E-state index contributed by atoms with van der Waals surface area (Å²) in [6, 6.07) is 5.05. The molecule has 0 saturated carbocycles. The first-order valence-electron chi connectivity index (χ1n) is 6.82. The molecule has 130 valence electrons. The summed E-state index contributed by atoms with van der Waals surface area (Å²) in [6.07, 6.45) is 1.83. The maximum atomic E-state index is 11.3. The summed E-state index contributed by atoms with van der Waals surface area (Å²) in [5.74, 6) is -0.858. The van der Waals surface area contributed by atoms with Crippen LogP contribution in [0.15, 0.2) is 28.8 Å². The van der Waals surface area contributed by atoms with Crippen molar-refractivity contribution in [3.8, 4) is 23.0 Å². The van der Waals surface area contributed by atoms with E-state index in [1.165, 1.54) is 13.1 Å². The Morgan fingerprint density at radius 2 is 2.33 bits per heavy atom. The zero-order chi connectivity index (χ0) is 17.7. The summed E-state index contributed by atoms with van der Waals surface area (Å²) >= 11 is 0.961. The Bertz CT molecular complexity index is 736. The van der Waals surface area contributed by atoms with Crippen molar-refractivity contribution in [2.24, 2.45) is 0 Å². The third kappa shape index (κ3) is 4.63. The molecule has 0 amide bonds. The van der Waals surface area contributed by atoms with Crippen molar-refractivity contribution in [1.82, 2.24) is 9.71 Å². The van der Waals surface area contributed by atoms with Crippen LogP contribution in [-0.2, 0) is 16.1 Å². The number of carbonyl (C=O) groups is 1. The summed E-state index contributed by atoms with van der Waals surface area (Å²) < 4.78 is 33.9. The lowest BCUT2D eigenvalue weighted by Crippen LogP contribution is -2.18. The van der Waals surface area contributed by atoms with Gasteiger partial charge in [-0.15, -0.1) is 0 Å². The number of hydrogen-bond acceptors (Lipinski definition) is 7. The summed E-state index contributed by atoms with van der Waals surface area (Å²) in [7, 11) is 0. The molecule has 0 aromatic carbocycles. The van der Waals surface area contributed by atoms with E-state index in [-0.39, 0.29) is 29.6 Å². The van der Waals surface area contributed by atoms with E-state index in [0.29, 0.717) is 12.1 Å². The Balaban J connectivity index is 2.34. The van der Waals surface area contributed by atoms with Gasteiger partial charge in [-0.25, -0.2) is 4.72 Å². The minimum absolute atomic E-state index is 0.0617. The standard InChI is InChI=1S/C14H15BrN2O6S/c1-8(18)22-14-11(19)13(10-4-2-3-6-16-10)23-12(14)9(15)5-7-17-24(20)21/h2-4,6,9,17,19H,5,7H2,1H3,(H,20,21)/p-1. The first-order chi connectivity index (χ1) is 11.4. The van der Waals surface area contributed by atoms with Crippen LogP contribution >= 0.6 is 15.9 Å². The summed E-state index contributed by atoms with van der Waals surface area (Å²) in [6.45, 7) is 1.33. The van der Waals surface area contributed by atoms with E-state index in [1.54, 1.807) is 18.2 Å². The van der Waals surface area contributed by atoms with Crippen molar-refractivity contribution < 1.29 is 27.8 Å². The van der Waals surface area contributed by atoms with E-state index in [9.17, 15) is 18.7 Å².